The minimum Gasteiger partial charge on any atom is -0.348 e. The van der Waals surface area contributed by atoms with Crippen LogP contribution in [0.15, 0.2) is 12.1 Å². The van der Waals surface area contributed by atoms with Crippen molar-refractivity contribution in [2.45, 2.75) is 19.9 Å². The molecule has 106 valence electrons. The van der Waals surface area contributed by atoms with Gasteiger partial charge in [-0.3, -0.25) is 14.5 Å². The number of carbonyl (C=O) groups is 2. The predicted octanol–water partition coefficient (Wildman–Crippen LogP) is 2.38. The van der Waals surface area contributed by atoms with Gasteiger partial charge in [-0.25, -0.2) is 0 Å². The van der Waals surface area contributed by atoms with E-state index in [4.69, 9.17) is 11.6 Å². The molecule has 0 spiro atoms. The predicted molar refractivity (Wildman–Crippen MR) is 79.1 cm³/mol. The molecule has 1 aromatic rings. The molecule has 1 aromatic heterocycles. The second kappa shape index (κ2) is 7.03. The Morgan fingerprint density at radius 2 is 2.00 bits per heavy atom. The normalized spacial score (nSPS) is 12.5. The van der Waals surface area contributed by atoms with E-state index in [9.17, 15) is 9.59 Å². The molecule has 1 atom stereocenters. The van der Waals surface area contributed by atoms with Crippen molar-refractivity contribution in [1.82, 2.24) is 9.80 Å². The summed E-state index contributed by atoms with van der Waals surface area (Å²) >= 11 is 7.11. The van der Waals surface area contributed by atoms with Crippen LogP contribution in [0.2, 0.25) is 4.34 Å². The van der Waals surface area contributed by atoms with Gasteiger partial charge in [-0.15, -0.1) is 11.3 Å². The molecular formula is C13H19ClN2O2S. The van der Waals surface area contributed by atoms with Crippen LogP contribution >= 0.6 is 22.9 Å². The molecule has 0 radical (unpaired) electrons. The standard InChI is InChI=1S/C13H19ClN2O2S/c1-5-16(8-12(17)15(3)4)9(2)13(18)10-6-7-11(14)19-10/h6-7,9H,5,8H2,1-4H3. The molecule has 0 aliphatic carbocycles. The van der Waals surface area contributed by atoms with Gasteiger partial charge < -0.3 is 4.90 Å². The van der Waals surface area contributed by atoms with E-state index in [0.717, 1.165) is 0 Å². The number of likely N-dealkylation sites (N-methyl/N-ethyl adjacent to an activating group) is 2. The Bertz CT molecular complexity index is 459. The van der Waals surface area contributed by atoms with Crippen LogP contribution < -0.4 is 0 Å². The van der Waals surface area contributed by atoms with Crippen LogP contribution in [0.3, 0.4) is 0 Å². The monoisotopic (exact) mass is 302 g/mol. The average molecular weight is 303 g/mol. The van der Waals surface area contributed by atoms with E-state index >= 15 is 0 Å². The molecule has 0 bridgehead atoms. The van der Waals surface area contributed by atoms with E-state index in [1.807, 2.05) is 18.7 Å². The molecule has 0 saturated heterocycles. The zero-order chi connectivity index (χ0) is 14.6. The average Bonchev–Trinajstić information content (AvgIpc) is 2.80. The van der Waals surface area contributed by atoms with E-state index in [0.29, 0.717) is 15.8 Å². The number of ketones is 1. The van der Waals surface area contributed by atoms with Crippen LogP contribution in [0, 0.1) is 0 Å². The van der Waals surface area contributed by atoms with Gasteiger partial charge >= 0.3 is 0 Å². The number of nitrogens with zero attached hydrogens (tertiary/aromatic N) is 2. The molecule has 6 heteroatoms. The van der Waals surface area contributed by atoms with E-state index in [2.05, 4.69) is 0 Å². The summed E-state index contributed by atoms with van der Waals surface area (Å²) in [5.41, 5.74) is 0. The third kappa shape index (κ3) is 4.30. The summed E-state index contributed by atoms with van der Waals surface area (Å²) in [7, 11) is 3.42. The highest BCUT2D eigenvalue weighted by molar-refractivity contribution is 7.18. The lowest BCUT2D eigenvalue weighted by molar-refractivity contribution is -0.130. The highest BCUT2D eigenvalue weighted by atomic mass is 35.5. The number of hydrogen-bond acceptors (Lipinski definition) is 4. The highest BCUT2D eigenvalue weighted by Gasteiger charge is 2.24. The first-order valence-corrected chi connectivity index (χ1v) is 7.30. The van der Waals surface area contributed by atoms with Crippen molar-refractivity contribution in [3.05, 3.63) is 21.3 Å². The molecule has 1 unspecified atom stereocenters. The molecule has 1 amide bonds. The number of thiophene rings is 1. The number of amides is 1. The number of Topliss-reactive ketones (excluding diaryl/α,β-unsaturated/α-hetero) is 1. The van der Waals surface area contributed by atoms with Crippen molar-refractivity contribution in [1.29, 1.82) is 0 Å². The van der Waals surface area contributed by atoms with Crippen LogP contribution in [0.5, 0.6) is 0 Å². The van der Waals surface area contributed by atoms with Crippen LogP contribution in [0.25, 0.3) is 0 Å². The number of hydrogen-bond donors (Lipinski definition) is 0. The van der Waals surface area contributed by atoms with Crippen molar-refractivity contribution in [2.24, 2.45) is 0 Å². The smallest absolute Gasteiger partial charge is 0.236 e. The summed E-state index contributed by atoms with van der Waals surface area (Å²) in [6.45, 7) is 4.65. The Balaban J connectivity index is 2.75. The number of halogens is 1. The lowest BCUT2D eigenvalue weighted by Crippen LogP contribution is -2.44. The van der Waals surface area contributed by atoms with Crippen molar-refractivity contribution in [3.8, 4) is 0 Å². The molecule has 19 heavy (non-hydrogen) atoms. The molecule has 4 nitrogen and oxygen atoms in total. The second-order valence-corrected chi connectivity index (χ2v) is 6.21. The van der Waals surface area contributed by atoms with Crippen molar-refractivity contribution >= 4 is 34.6 Å². The van der Waals surface area contributed by atoms with Crippen LogP contribution in [-0.4, -0.2) is 54.7 Å². The van der Waals surface area contributed by atoms with E-state index < -0.39 is 0 Å². The minimum atomic E-state index is -0.330. The highest BCUT2D eigenvalue weighted by Crippen LogP contribution is 2.23. The Morgan fingerprint density at radius 1 is 1.37 bits per heavy atom. The zero-order valence-corrected chi connectivity index (χ0v) is 13.2. The number of rotatable bonds is 6. The fraction of sp³-hybridized carbons (Fsp3) is 0.538. The Kier molecular flexibility index (Phi) is 5.97. The summed E-state index contributed by atoms with van der Waals surface area (Å²) in [4.78, 5) is 28.1. The van der Waals surface area contributed by atoms with Gasteiger partial charge in [0.2, 0.25) is 5.91 Å². The molecular weight excluding hydrogens is 284 g/mol. The molecule has 1 heterocycles. The van der Waals surface area contributed by atoms with Gasteiger partial charge in [-0.1, -0.05) is 18.5 Å². The first-order valence-electron chi connectivity index (χ1n) is 6.10. The summed E-state index contributed by atoms with van der Waals surface area (Å²) in [6, 6.07) is 3.12. The van der Waals surface area contributed by atoms with Crippen molar-refractivity contribution < 1.29 is 9.59 Å². The fourth-order valence-electron chi connectivity index (χ4n) is 1.66. The summed E-state index contributed by atoms with van der Waals surface area (Å²) in [5.74, 6) is -0.00369. The summed E-state index contributed by atoms with van der Waals surface area (Å²) < 4.78 is 0.600. The van der Waals surface area contributed by atoms with Crippen LogP contribution in [0.4, 0.5) is 0 Å². The molecule has 0 N–H and O–H groups in total. The maximum atomic E-state index is 12.3. The number of carbonyl (C=O) groups excluding carboxylic acids is 2. The van der Waals surface area contributed by atoms with E-state index in [-0.39, 0.29) is 24.3 Å². The largest absolute Gasteiger partial charge is 0.348 e. The maximum Gasteiger partial charge on any atom is 0.236 e. The van der Waals surface area contributed by atoms with E-state index in [1.54, 1.807) is 26.2 Å². The third-order valence-corrected chi connectivity index (χ3v) is 4.23. The maximum absolute atomic E-state index is 12.3. The quantitative estimate of drug-likeness (QED) is 0.758. The van der Waals surface area contributed by atoms with Crippen molar-refractivity contribution in [2.75, 3.05) is 27.2 Å². The minimum absolute atomic E-state index is 0.00491. The fourth-order valence-corrected chi connectivity index (χ4v) is 2.72. The molecule has 0 fully saturated rings. The van der Waals surface area contributed by atoms with Crippen LogP contribution in [0.1, 0.15) is 23.5 Å². The Morgan fingerprint density at radius 3 is 2.42 bits per heavy atom. The van der Waals surface area contributed by atoms with Gasteiger partial charge in [0.25, 0.3) is 0 Å². The molecule has 0 aliphatic heterocycles. The van der Waals surface area contributed by atoms with Crippen LogP contribution in [-0.2, 0) is 4.79 Å². The van der Waals surface area contributed by atoms with E-state index in [1.165, 1.54) is 16.2 Å². The van der Waals surface area contributed by atoms with Gasteiger partial charge in [0, 0.05) is 14.1 Å². The SMILES string of the molecule is CCN(CC(=O)N(C)C)C(C)C(=O)c1ccc(Cl)s1. The first kappa shape index (κ1) is 16.1. The summed E-state index contributed by atoms with van der Waals surface area (Å²) in [5, 5.41) is 0. The Hall–Kier alpha value is -0.910. The van der Waals surface area contributed by atoms with Gasteiger partial charge in [0.1, 0.15) is 0 Å². The zero-order valence-electron chi connectivity index (χ0n) is 11.6. The molecule has 1 rings (SSSR count). The second-order valence-electron chi connectivity index (χ2n) is 4.50. The molecule has 0 aliphatic rings. The van der Waals surface area contributed by atoms with Gasteiger partial charge in [-0.05, 0) is 25.6 Å². The summed E-state index contributed by atoms with van der Waals surface area (Å²) in [6.07, 6.45) is 0. The van der Waals surface area contributed by atoms with Gasteiger partial charge in [-0.2, -0.15) is 0 Å². The van der Waals surface area contributed by atoms with Gasteiger partial charge in [0.05, 0.1) is 21.8 Å². The molecule has 0 saturated carbocycles. The lowest BCUT2D eigenvalue weighted by Gasteiger charge is -2.26. The first-order chi connectivity index (χ1) is 8.86. The third-order valence-electron chi connectivity index (χ3n) is 2.99. The molecule has 0 aromatic carbocycles. The topological polar surface area (TPSA) is 40.6 Å². The lowest BCUT2D eigenvalue weighted by atomic mass is 10.1. The van der Waals surface area contributed by atoms with Crippen molar-refractivity contribution in [3.63, 3.8) is 0 Å². The van der Waals surface area contributed by atoms with Gasteiger partial charge in [0.15, 0.2) is 5.78 Å². The Labute approximate surface area is 123 Å².